The van der Waals surface area contributed by atoms with Gasteiger partial charge in [0.15, 0.2) is 0 Å². The van der Waals surface area contributed by atoms with Crippen LogP contribution in [0.5, 0.6) is 0 Å². The standard InChI is InChI=1S/C7H5F4N.C3H8.CH2O/c8-4-1-2-6(12)5(3-4)7(9,10)11;1-3-2;1-2/h1-3H,12H2;3H2,1-2H3;1H2. The van der Waals surface area contributed by atoms with Crippen LogP contribution in [0, 0.1) is 5.82 Å². The van der Waals surface area contributed by atoms with Crippen molar-refractivity contribution < 1.29 is 22.4 Å². The summed E-state index contributed by atoms with van der Waals surface area (Å²) in [6.07, 6.45) is -3.34. The molecule has 1 rings (SSSR count). The van der Waals surface area contributed by atoms with Crippen LogP contribution >= 0.6 is 0 Å². The van der Waals surface area contributed by atoms with Crippen LogP contribution in [0.3, 0.4) is 0 Å². The Morgan fingerprint density at radius 1 is 1.24 bits per heavy atom. The van der Waals surface area contributed by atoms with E-state index in [0.29, 0.717) is 6.07 Å². The van der Waals surface area contributed by atoms with Crippen molar-refractivity contribution in [2.75, 3.05) is 5.73 Å². The van der Waals surface area contributed by atoms with Crippen molar-refractivity contribution in [2.45, 2.75) is 26.4 Å². The first-order chi connectivity index (χ1) is 7.82. The van der Waals surface area contributed by atoms with Gasteiger partial charge in [-0.15, -0.1) is 0 Å². The van der Waals surface area contributed by atoms with Gasteiger partial charge in [-0.25, -0.2) is 4.39 Å². The van der Waals surface area contributed by atoms with Crippen molar-refractivity contribution in [2.24, 2.45) is 0 Å². The molecule has 0 heterocycles. The summed E-state index contributed by atoms with van der Waals surface area (Å²) in [5.41, 5.74) is 3.38. The molecule has 1 aromatic rings. The number of hydrogen-bond acceptors (Lipinski definition) is 2. The lowest BCUT2D eigenvalue weighted by Gasteiger charge is -2.08. The fourth-order valence-corrected chi connectivity index (χ4v) is 0.774. The molecule has 0 saturated carbocycles. The Hall–Kier alpha value is -1.59. The quantitative estimate of drug-likeness (QED) is 0.566. The SMILES string of the molecule is C=O.CCC.Nc1ccc(F)cc1C(F)(F)F. The van der Waals surface area contributed by atoms with Crippen molar-refractivity contribution in [3.8, 4) is 0 Å². The maximum Gasteiger partial charge on any atom is 0.418 e. The molecule has 2 N–H and O–H groups in total. The third kappa shape index (κ3) is 7.32. The number of nitrogen functional groups attached to an aromatic ring is 1. The predicted molar refractivity (Wildman–Crippen MR) is 58.9 cm³/mol. The molecule has 0 amide bonds. The van der Waals surface area contributed by atoms with Crippen LogP contribution in [-0.4, -0.2) is 6.79 Å². The van der Waals surface area contributed by atoms with Gasteiger partial charge in [-0.1, -0.05) is 20.3 Å². The molecule has 0 fully saturated rings. The zero-order valence-corrected chi connectivity index (χ0v) is 9.64. The van der Waals surface area contributed by atoms with Crippen LogP contribution in [-0.2, 0) is 11.0 Å². The monoisotopic (exact) mass is 253 g/mol. The van der Waals surface area contributed by atoms with E-state index < -0.39 is 23.2 Å². The van der Waals surface area contributed by atoms with E-state index in [-0.39, 0.29) is 0 Å². The molecule has 0 radical (unpaired) electrons. The van der Waals surface area contributed by atoms with Gasteiger partial charge in [0.05, 0.1) is 5.56 Å². The van der Waals surface area contributed by atoms with Crippen LogP contribution in [0.2, 0.25) is 0 Å². The minimum Gasteiger partial charge on any atom is -0.398 e. The minimum atomic E-state index is -4.59. The van der Waals surface area contributed by atoms with E-state index in [2.05, 4.69) is 13.8 Å². The smallest absolute Gasteiger partial charge is 0.398 e. The van der Waals surface area contributed by atoms with Gasteiger partial charge >= 0.3 is 6.18 Å². The average Bonchev–Trinajstić information content (AvgIpc) is 2.24. The maximum absolute atomic E-state index is 12.3. The molecular formula is C11H15F4NO. The Kier molecular flexibility index (Phi) is 8.95. The van der Waals surface area contributed by atoms with E-state index in [1.54, 1.807) is 0 Å². The molecule has 2 nitrogen and oxygen atoms in total. The second kappa shape index (κ2) is 8.55. The van der Waals surface area contributed by atoms with Crippen LogP contribution in [0.1, 0.15) is 25.8 Å². The van der Waals surface area contributed by atoms with Crippen molar-refractivity contribution in [1.82, 2.24) is 0 Å². The van der Waals surface area contributed by atoms with E-state index in [9.17, 15) is 17.6 Å². The summed E-state index contributed by atoms with van der Waals surface area (Å²) in [7, 11) is 0. The zero-order chi connectivity index (χ0) is 14.1. The molecule has 0 spiro atoms. The van der Waals surface area contributed by atoms with E-state index in [1.807, 2.05) is 6.79 Å². The van der Waals surface area contributed by atoms with Crippen molar-refractivity contribution >= 4 is 12.5 Å². The van der Waals surface area contributed by atoms with Gasteiger partial charge < -0.3 is 10.5 Å². The van der Waals surface area contributed by atoms with E-state index >= 15 is 0 Å². The predicted octanol–water partition coefficient (Wildman–Crippen LogP) is 3.66. The summed E-state index contributed by atoms with van der Waals surface area (Å²) >= 11 is 0. The number of carbonyl (C=O) groups is 1. The Morgan fingerprint density at radius 2 is 1.65 bits per heavy atom. The molecule has 0 saturated heterocycles. The first-order valence-corrected chi connectivity index (χ1v) is 4.74. The van der Waals surface area contributed by atoms with E-state index in [4.69, 9.17) is 10.5 Å². The van der Waals surface area contributed by atoms with E-state index in [1.165, 1.54) is 6.42 Å². The zero-order valence-electron chi connectivity index (χ0n) is 9.64. The summed E-state index contributed by atoms with van der Waals surface area (Å²) < 4.78 is 48.3. The lowest BCUT2D eigenvalue weighted by Crippen LogP contribution is -2.09. The number of carbonyl (C=O) groups excluding carboxylic acids is 1. The molecule has 0 unspecified atom stereocenters. The molecule has 0 aliphatic carbocycles. The Bertz CT molecular complexity index is 326. The molecule has 98 valence electrons. The first-order valence-electron chi connectivity index (χ1n) is 4.74. The third-order valence-electron chi connectivity index (χ3n) is 1.32. The molecular weight excluding hydrogens is 238 g/mol. The summed E-state index contributed by atoms with van der Waals surface area (Å²) in [6, 6.07) is 2.14. The molecule has 0 bridgehead atoms. The van der Waals surface area contributed by atoms with E-state index in [0.717, 1.165) is 12.1 Å². The fraction of sp³-hybridized carbons (Fsp3) is 0.364. The average molecular weight is 253 g/mol. The minimum absolute atomic E-state index is 0.370. The number of nitrogens with two attached hydrogens (primary N) is 1. The summed E-state index contributed by atoms with van der Waals surface area (Å²) in [5, 5.41) is 0. The Balaban J connectivity index is 0. The van der Waals surface area contributed by atoms with Gasteiger partial charge in [0, 0.05) is 5.69 Å². The summed E-state index contributed by atoms with van der Waals surface area (Å²) in [6.45, 7) is 6.25. The third-order valence-corrected chi connectivity index (χ3v) is 1.32. The summed E-state index contributed by atoms with van der Waals surface area (Å²) in [4.78, 5) is 8.00. The first kappa shape index (κ1) is 17.8. The number of halogens is 4. The van der Waals surface area contributed by atoms with Gasteiger partial charge in [0.25, 0.3) is 0 Å². The molecule has 6 heteroatoms. The topological polar surface area (TPSA) is 43.1 Å². The maximum atomic E-state index is 12.3. The number of hydrogen-bond donors (Lipinski definition) is 1. The largest absolute Gasteiger partial charge is 0.418 e. The normalized spacial score (nSPS) is 9.53. The van der Waals surface area contributed by atoms with Crippen LogP contribution in [0.25, 0.3) is 0 Å². The highest BCUT2D eigenvalue weighted by Gasteiger charge is 2.33. The lowest BCUT2D eigenvalue weighted by molar-refractivity contribution is -0.137. The van der Waals surface area contributed by atoms with Crippen LogP contribution in [0.15, 0.2) is 18.2 Å². The molecule has 17 heavy (non-hydrogen) atoms. The number of anilines is 1. The second-order valence-electron chi connectivity index (χ2n) is 2.94. The Morgan fingerprint density at radius 3 is 1.94 bits per heavy atom. The molecule has 0 atom stereocenters. The van der Waals surface area contributed by atoms with Gasteiger partial charge in [0.2, 0.25) is 0 Å². The van der Waals surface area contributed by atoms with Crippen molar-refractivity contribution in [1.29, 1.82) is 0 Å². The van der Waals surface area contributed by atoms with Gasteiger partial charge in [0.1, 0.15) is 12.6 Å². The van der Waals surface area contributed by atoms with Gasteiger partial charge in [-0.3, -0.25) is 0 Å². The highest BCUT2D eigenvalue weighted by Crippen LogP contribution is 2.33. The molecule has 0 aliphatic heterocycles. The fourth-order valence-electron chi connectivity index (χ4n) is 0.774. The molecule has 0 aliphatic rings. The van der Waals surface area contributed by atoms with Gasteiger partial charge in [-0.2, -0.15) is 13.2 Å². The van der Waals surface area contributed by atoms with Crippen LogP contribution < -0.4 is 5.73 Å². The molecule has 0 aromatic heterocycles. The summed E-state index contributed by atoms with van der Waals surface area (Å²) in [5.74, 6) is -0.948. The number of benzene rings is 1. The number of rotatable bonds is 0. The second-order valence-corrected chi connectivity index (χ2v) is 2.94. The highest BCUT2D eigenvalue weighted by atomic mass is 19.4. The highest BCUT2D eigenvalue weighted by molar-refractivity contribution is 5.48. The Labute approximate surface area is 97.4 Å². The van der Waals surface area contributed by atoms with Crippen molar-refractivity contribution in [3.63, 3.8) is 0 Å². The number of alkyl halides is 3. The lowest BCUT2D eigenvalue weighted by atomic mass is 10.2. The van der Waals surface area contributed by atoms with Crippen molar-refractivity contribution in [3.05, 3.63) is 29.6 Å². The molecule has 1 aromatic carbocycles. The van der Waals surface area contributed by atoms with Gasteiger partial charge in [-0.05, 0) is 18.2 Å². The van der Waals surface area contributed by atoms with Crippen LogP contribution in [0.4, 0.5) is 23.2 Å².